The maximum atomic E-state index is 14.3. The zero-order valence-electron chi connectivity index (χ0n) is 15.0. The predicted octanol–water partition coefficient (Wildman–Crippen LogP) is 2.52. The van der Waals surface area contributed by atoms with Crippen LogP contribution in [0.5, 0.6) is 0 Å². The van der Waals surface area contributed by atoms with Crippen molar-refractivity contribution in [3.63, 3.8) is 0 Å². The Balaban J connectivity index is 2.04. The average molecular weight is 485 g/mol. The van der Waals surface area contributed by atoms with Crippen LogP contribution in [0.15, 0.2) is 32.5 Å². The van der Waals surface area contributed by atoms with Gasteiger partial charge in [-0.05, 0) is 34.1 Å². The first-order chi connectivity index (χ1) is 13.6. The SMILES string of the molecule is Cn1c(Br)nc2c1c(=O)n(Cc1cc3c(Cl)ccc(F)c3n1C(=O)O)c(=O)n2C. The lowest BCUT2D eigenvalue weighted by molar-refractivity contribution is 0.196. The number of benzene rings is 1. The van der Waals surface area contributed by atoms with Gasteiger partial charge in [0.15, 0.2) is 15.9 Å². The van der Waals surface area contributed by atoms with E-state index in [0.29, 0.717) is 9.30 Å². The summed E-state index contributed by atoms with van der Waals surface area (Å²) < 4.78 is 18.9. The highest BCUT2D eigenvalue weighted by atomic mass is 79.9. The molecule has 29 heavy (non-hydrogen) atoms. The molecule has 12 heteroatoms. The Morgan fingerprint density at radius 2 is 1.93 bits per heavy atom. The number of imidazole rings is 1. The molecule has 0 atom stereocenters. The van der Waals surface area contributed by atoms with E-state index in [1.54, 1.807) is 7.05 Å². The molecule has 150 valence electrons. The lowest BCUT2D eigenvalue weighted by atomic mass is 10.2. The van der Waals surface area contributed by atoms with Crippen LogP contribution in [0.1, 0.15) is 5.69 Å². The Kier molecular flexibility index (Phi) is 4.39. The molecule has 0 unspecified atom stereocenters. The van der Waals surface area contributed by atoms with E-state index in [1.165, 1.54) is 28.3 Å². The summed E-state index contributed by atoms with van der Waals surface area (Å²) in [5, 5.41) is 9.93. The number of aromatic nitrogens is 5. The van der Waals surface area contributed by atoms with E-state index in [-0.39, 0.29) is 32.8 Å². The van der Waals surface area contributed by atoms with E-state index < -0.39 is 29.7 Å². The summed E-state index contributed by atoms with van der Waals surface area (Å²) in [6, 6.07) is 3.71. The van der Waals surface area contributed by atoms with Crippen LogP contribution in [0.2, 0.25) is 5.02 Å². The maximum absolute atomic E-state index is 14.3. The molecule has 4 aromatic rings. The number of hydrogen-bond donors (Lipinski definition) is 1. The average Bonchev–Trinajstić information content (AvgIpc) is 3.19. The molecule has 0 aliphatic heterocycles. The number of carboxylic acid groups (broad SMARTS) is 1. The van der Waals surface area contributed by atoms with Crippen molar-refractivity contribution in [1.29, 1.82) is 0 Å². The molecule has 0 fully saturated rings. The van der Waals surface area contributed by atoms with E-state index in [4.69, 9.17) is 11.6 Å². The molecule has 3 aromatic heterocycles. The lowest BCUT2D eigenvalue weighted by Crippen LogP contribution is -2.40. The van der Waals surface area contributed by atoms with Crippen LogP contribution in [0, 0.1) is 5.82 Å². The zero-order valence-corrected chi connectivity index (χ0v) is 17.3. The minimum absolute atomic E-state index is 0.0132. The number of hydrogen-bond acceptors (Lipinski definition) is 4. The molecule has 1 aromatic carbocycles. The fourth-order valence-electron chi connectivity index (χ4n) is 3.35. The van der Waals surface area contributed by atoms with Gasteiger partial charge in [-0.2, -0.15) is 0 Å². The van der Waals surface area contributed by atoms with Crippen LogP contribution in [-0.2, 0) is 20.6 Å². The molecule has 4 rings (SSSR count). The monoisotopic (exact) mass is 483 g/mol. The van der Waals surface area contributed by atoms with Gasteiger partial charge in [0.25, 0.3) is 5.56 Å². The van der Waals surface area contributed by atoms with Gasteiger partial charge in [-0.3, -0.25) is 13.9 Å². The third-order valence-electron chi connectivity index (χ3n) is 4.75. The van der Waals surface area contributed by atoms with Crippen LogP contribution in [-0.4, -0.2) is 34.5 Å². The molecule has 0 saturated carbocycles. The van der Waals surface area contributed by atoms with Gasteiger partial charge in [-0.15, -0.1) is 0 Å². The largest absolute Gasteiger partial charge is 0.464 e. The summed E-state index contributed by atoms with van der Waals surface area (Å²) in [6.07, 6.45) is -1.47. The van der Waals surface area contributed by atoms with Gasteiger partial charge in [0.2, 0.25) is 0 Å². The predicted molar refractivity (Wildman–Crippen MR) is 107 cm³/mol. The fourth-order valence-corrected chi connectivity index (χ4v) is 3.90. The Morgan fingerprint density at radius 1 is 1.24 bits per heavy atom. The van der Waals surface area contributed by atoms with Gasteiger partial charge in [0, 0.05) is 19.5 Å². The van der Waals surface area contributed by atoms with Crippen molar-refractivity contribution in [3.05, 3.63) is 60.3 Å². The molecule has 0 aliphatic rings. The second-order valence-electron chi connectivity index (χ2n) is 6.39. The van der Waals surface area contributed by atoms with Crippen molar-refractivity contribution in [2.24, 2.45) is 14.1 Å². The van der Waals surface area contributed by atoms with Crippen LogP contribution in [0.3, 0.4) is 0 Å². The number of rotatable bonds is 2. The first-order valence-corrected chi connectivity index (χ1v) is 9.34. The van der Waals surface area contributed by atoms with Gasteiger partial charge in [-0.25, -0.2) is 23.5 Å². The van der Waals surface area contributed by atoms with Crippen molar-refractivity contribution >= 4 is 55.7 Å². The molecule has 0 spiro atoms. The second-order valence-corrected chi connectivity index (χ2v) is 7.51. The van der Waals surface area contributed by atoms with Crippen molar-refractivity contribution in [1.82, 2.24) is 23.3 Å². The summed E-state index contributed by atoms with van der Waals surface area (Å²) in [6.45, 7) is -0.402. The standard InChI is InChI=1S/C17H12BrClFN5O4/c1-22-12-13(21-15(22)18)23(2)16(27)24(14(12)26)6-7-5-8-9(19)3-4-10(20)11(8)25(7)17(28)29/h3-5H,6H2,1-2H3,(H,28,29). The summed E-state index contributed by atoms with van der Waals surface area (Å²) in [5.74, 6) is -0.788. The fraction of sp³-hybridized carbons (Fsp3) is 0.176. The van der Waals surface area contributed by atoms with Crippen LogP contribution >= 0.6 is 27.5 Å². The number of fused-ring (bicyclic) bond motifs is 2. The molecular formula is C17H12BrClFN5O4. The quantitative estimate of drug-likeness (QED) is 0.440. The minimum atomic E-state index is -1.47. The maximum Gasteiger partial charge on any atom is 0.416 e. The Hall–Kier alpha value is -2.92. The molecule has 0 radical (unpaired) electrons. The number of carbonyl (C=O) groups is 1. The van der Waals surface area contributed by atoms with E-state index >= 15 is 0 Å². The molecule has 0 amide bonds. The number of nitrogens with zero attached hydrogens (tertiary/aromatic N) is 5. The van der Waals surface area contributed by atoms with E-state index in [0.717, 1.165) is 10.6 Å². The number of halogens is 3. The lowest BCUT2D eigenvalue weighted by Gasteiger charge is -2.10. The van der Waals surface area contributed by atoms with Crippen LogP contribution in [0.4, 0.5) is 9.18 Å². The van der Waals surface area contributed by atoms with Gasteiger partial charge in [0.05, 0.1) is 22.8 Å². The molecule has 0 saturated heterocycles. The zero-order chi connectivity index (χ0) is 21.2. The molecule has 9 nitrogen and oxygen atoms in total. The topological polar surface area (TPSA) is 104 Å². The number of aryl methyl sites for hydroxylation is 2. The normalized spacial score (nSPS) is 11.6. The molecule has 0 aliphatic carbocycles. The summed E-state index contributed by atoms with van der Waals surface area (Å²) in [4.78, 5) is 41.7. The summed E-state index contributed by atoms with van der Waals surface area (Å²) >= 11 is 9.30. The molecular weight excluding hydrogens is 473 g/mol. The van der Waals surface area contributed by atoms with Gasteiger partial charge in [-0.1, -0.05) is 11.6 Å². The first kappa shape index (κ1) is 19.4. The highest BCUT2D eigenvalue weighted by Gasteiger charge is 2.23. The third-order valence-corrected chi connectivity index (χ3v) is 5.79. The van der Waals surface area contributed by atoms with E-state index in [9.17, 15) is 23.9 Å². The first-order valence-electron chi connectivity index (χ1n) is 8.16. The minimum Gasteiger partial charge on any atom is -0.464 e. The van der Waals surface area contributed by atoms with Gasteiger partial charge < -0.3 is 9.67 Å². The van der Waals surface area contributed by atoms with Gasteiger partial charge in [0.1, 0.15) is 5.82 Å². The van der Waals surface area contributed by atoms with Crippen molar-refractivity contribution in [2.45, 2.75) is 6.54 Å². The molecule has 1 N–H and O–H groups in total. The highest BCUT2D eigenvalue weighted by Crippen LogP contribution is 2.29. The molecule has 3 heterocycles. The van der Waals surface area contributed by atoms with Crippen LogP contribution in [0.25, 0.3) is 22.1 Å². The van der Waals surface area contributed by atoms with Crippen molar-refractivity contribution in [3.8, 4) is 0 Å². The smallest absolute Gasteiger partial charge is 0.416 e. The van der Waals surface area contributed by atoms with E-state index in [2.05, 4.69) is 20.9 Å². The summed E-state index contributed by atoms with van der Waals surface area (Å²) in [5.41, 5.74) is -1.24. The Bertz CT molecular complexity index is 1470. The van der Waals surface area contributed by atoms with Gasteiger partial charge >= 0.3 is 11.8 Å². The molecule has 0 bridgehead atoms. The second kappa shape index (κ2) is 6.56. The van der Waals surface area contributed by atoms with Crippen molar-refractivity contribution in [2.75, 3.05) is 0 Å². The summed E-state index contributed by atoms with van der Waals surface area (Å²) in [7, 11) is 3.04. The van der Waals surface area contributed by atoms with Crippen molar-refractivity contribution < 1.29 is 14.3 Å². The van der Waals surface area contributed by atoms with E-state index in [1.807, 2.05) is 0 Å². The highest BCUT2D eigenvalue weighted by molar-refractivity contribution is 9.10. The van der Waals surface area contributed by atoms with Crippen LogP contribution < -0.4 is 11.2 Å². The Morgan fingerprint density at radius 3 is 2.59 bits per heavy atom. The third kappa shape index (κ3) is 2.72. The Labute approximate surface area is 174 Å².